The Morgan fingerprint density at radius 2 is 0.978 bits per heavy atom. The highest BCUT2D eigenvalue weighted by molar-refractivity contribution is 5.92. The molecule has 0 saturated heterocycles. The van der Waals surface area contributed by atoms with Crippen LogP contribution in [0.15, 0.2) is 167 Å². The van der Waals surface area contributed by atoms with Crippen LogP contribution in [0, 0.1) is 0 Å². The molecular formula is C41H26N2O2. The molecule has 0 unspecified atom stereocenters. The van der Waals surface area contributed by atoms with Gasteiger partial charge in [0.15, 0.2) is 5.82 Å². The van der Waals surface area contributed by atoms with Crippen molar-refractivity contribution in [2.75, 3.05) is 0 Å². The molecule has 8 rings (SSSR count). The SMILES string of the molecule is O=c1c2ccccc2oc2ccc(-c3ccc(-c4ccccc4-c4cc(-c5ccccc5)nc(-c5ccccc5)n4)cc3)cc12. The van der Waals surface area contributed by atoms with Crippen LogP contribution in [0.2, 0.25) is 0 Å². The molecule has 8 aromatic rings. The standard InChI is InChI=1S/C41H26N2O2/c44-40-34-17-9-10-18-38(34)45-39-24-23-31(25-35(39)40)27-19-21-28(22-20-27)32-15-7-8-16-33(32)37-26-36(29-11-3-1-4-12-29)42-41(43-37)30-13-5-2-6-14-30/h1-26H. The van der Waals surface area contributed by atoms with Gasteiger partial charge in [0.05, 0.1) is 22.2 Å². The lowest BCUT2D eigenvalue weighted by atomic mass is 9.94. The van der Waals surface area contributed by atoms with Gasteiger partial charge < -0.3 is 4.42 Å². The zero-order valence-electron chi connectivity index (χ0n) is 24.2. The number of para-hydroxylation sites is 1. The van der Waals surface area contributed by atoms with Crippen molar-refractivity contribution in [2.45, 2.75) is 0 Å². The van der Waals surface area contributed by atoms with Crippen molar-refractivity contribution in [2.24, 2.45) is 0 Å². The Labute approximate surface area is 259 Å². The maximum atomic E-state index is 13.2. The first kappa shape index (κ1) is 26.5. The molecule has 6 aromatic carbocycles. The highest BCUT2D eigenvalue weighted by Crippen LogP contribution is 2.35. The Kier molecular flexibility index (Phi) is 6.58. The predicted molar refractivity (Wildman–Crippen MR) is 183 cm³/mol. The van der Waals surface area contributed by atoms with Gasteiger partial charge in [-0.1, -0.05) is 127 Å². The quantitative estimate of drug-likeness (QED) is 0.191. The van der Waals surface area contributed by atoms with Crippen molar-refractivity contribution < 1.29 is 4.42 Å². The lowest BCUT2D eigenvalue weighted by Gasteiger charge is -2.13. The number of nitrogens with zero attached hydrogens (tertiary/aromatic N) is 2. The van der Waals surface area contributed by atoms with E-state index in [0.717, 1.165) is 50.3 Å². The van der Waals surface area contributed by atoms with E-state index in [4.69, 9.17) is 14.4 Å². The Morgan fingerprint density at radius 3 is 1.76 bits per heavy atom. The summed E-state index contributed by atoms with van der Waals surface area (Å²) in [5.41, 5.74) is 10.1. The third kappa shape index (κ3) is 4.98. The molecule has 0 amide bonds. The molecule has 2 aromatic heterocycles. The summed E-state index contributed by atoms with van der Waals surface area (Å²) in [5, 5.41) is 1.16. The lowest BCUT2D eigenvalue weighted by Crippen LogP contribution is -2.01. The van der Waals surface area contributed by atoms with E-state index in [1.54, 1.807) is 0 Å². The molecule has 4 heteroatoms. The molecule has 0 bridgehead atoms. The molecule has 0 saturated carbocycles. The minimum absolute atomic E-state index is 0.0196. The molecule has 0 aliphatic rings. The molecule has 2 heterocycles. The zero-order valence-corrected chi connectivity index (χ0v) is 24.2. The predicted octanol–water partition coefficient (Wildman–Crippen LogP) is 10.1. The normalized spacial score (nSPS) is 11.2. The largest absolute Gasteiger partial charge is 0.456 e. The van der Waals surface area contributed by atoms with Crippen LogP contribution >= 0.6 is 0 Å². The van der Waals surface area contributed by atoms with Crippen LogP contribution in [0.3, 0.4) is 0 Å². The lowest BCUT2D eigenvalue weighted by molar-refractivity contribution is 0.660. The van der Waals surface area contributed by atoms with E-state index in [1.807, 2.05) is 97.1 Å². The summed E-state index contributed by atoms with van der Waals surface area (Å²) in [4.78, 5) is 23.3. The monoisotopic (exact) mass is 578 g/mol. The average molecular weight is 579 g/mol. The van der Waals surface area contributed by atoms with E-state index >= 15 is 0 Å². The second kappa shape index (κ2) is 11.2. The second-order valence-electron chi connectivity index (χ2n) is 11.0. The fourth-order valence-electron chi connectivity index (χ4n) is 5.84. The third-order valence-electron chi connectivity index (χ3n) is 8.14. The van der Waals surface area contributed by atoms with Gasteiger partial charge in [0.2, 0.25) is 5.43 Å². The Morgan fingerprint density at radius 1 is 0.400 bits per heavy atom. The third-order valence-corrected chi connectivity index (χ3v) is 8.14. The van der Waals surface area contributed by atoms with Gasteiger partial charge >= 0.3 is 0 Å². The van der Waals surface area contributed by atoms with Crippen molar-refractivity contribution in [3.63, 3.8) is 0 Å². The average Bonchev–Trinajstić information content (AvgIpc) is 3.12. The van der Waals surface area contributed by atoms with Crippen LogP contribution in [0.25, 0.3) is 78.1 Å². The summed E-state index contributed by atoms with van der Waals surface area (Å²) in [6.45, 7) is 0. The van der Waals surface area contributed by atoms with E-state index < -0.39 is 0 Å². The van der Waals surface area contributed by atoms with Crippen LogP contribution in [-0.4, -0.2) is 9.97 Å². The summed E-state index contributed by atoms with van der Waals surface area (Å²) < 4.78 is 6.01. The van der Waals surface area contributed by atoms with Crippen molar-refractivity contribution in [1.82, 2.24) is 9.97 Å². The Balaban J connectivity index is 1.20. The van der Waals surface area contributed by atoms with Gasteiger partial charge in [-0.15, -0.1) is 0 Å². The molecular weight excluding hydrogens is 552 g/mol. The summed E-state index contributed by atoms with van der Waals surface area (Å²) in [7, 11) is 0. The van der Waals surface area contributed by atoms with Gasteiger partial charge in [0.1, 0.15) is 11.2 Å². The molecule has 0 fully saturated rings. The molecule has 0 spiro atoms. The smallest absolute Gasteiger partial charge is 0.200 e. The number of rotatable bonds is 5. The second-order valence-corrected chi connectivity index (χ2v) is 11.0. The zero-order chi connectivity index (χ0) is 30.2. The maximum Gasteiger partial charge on any atom is 0.200 e. The Hall–Kier alpha value is -6.13. The summed E-state index contributed by atoms with van der Waals surface area (Å²) >= 11 is 0. The van der Waals surface area contributed by atoms with E-state index in [9.17, 15) is 4.79 Å². The van der Waals surface area contributed by atoms with Crippen molar-refractivity contribution >= 4 is 21.9 Å². The number of benzene rings is 6. The van der Waals surface area contributed by atoms with Crippen molar-refractivity contribution in [3.8, 4) is 56.2 Å². The highest BCUT2D eigenvalue weighted by Gasteiger charge is 2.15. The molecule has 0 N–H and O–H groups in total. The summed E-state index contributed by atoms with van der Waals surface area (Å²) in [6.07, 6.45) is 0. The minimum Gasteiger partial charge on any atom is -0.456 e. The van der Waals surface area contributed by atoms with E-state index in [-0.39, 0.29) is 5.43 Å². The topological polar surface area (TPSA) is 56.0 Å². The first-order valence-electron chi connectivity index (χ1n) is 14.9. The Bertz CT molecular complexity index is 2320. The van der Waals surface area contributed by atoms with Crippen molar-refractivity contribution in [3.05, 3.63) is 168 Å². The molecule has 0 radical (unpaired) electrons. The fourth-order valence-corrected chi connectivity index (χ4v) is 5.84. The van der Waals surface area contributed by atoms with E-state index in [1.165, 1.54) is 0 Å². The van der Waals surface area contributed by atoms with Crippen LogP contribution in [-0.2, 0) is 0 Å². The number of fused-ring (bicyclic) bond motifs is 2. The van der Waals surface area contributed by atoms with Gasteiger partial charge in [0.25, 0.3) is 0 Å². The first-order valence-corrected chi connectivity index (χ1v) is 14.9. The summed E-state index contributed by atoms with van der Waals surface area (Å²) in [6, 6.07) is 52.3. The maximum absolute atomic E-state index is 13.2. The molecule has 4 nitrogen and oxygen atoms in total. The minimum atomic E-state index is -0.0196. The first-order chi connectivity index (χ1) is 22.2. The number of hydrogen-bond donors (Lipinski definition) is 0. The van der Waals surface area contributed by atoms with Gasteiger partial charge in [-0.3, -0.25) is 4.79 Å². The van der Waals surface area contributed by atoms with E-state index in [2.05, 4.69) is 60.7 Å². The van der Waals surface area contributed by atoms with Crippen LogP contribution < -0.4 is 5.43 Å². The van der Waals surface area contributed by atoms with E-state index in [0.29, 0.717) is 27.8 Å². The van der Waals surface area contributed by atoms with Crippen molar-refractivity contribution in [1.29, 1.82) is 0 Å². The number of hydrogen-bond acceptors (Lipinski definition) is 4. The highest BCUT2D eigenvalue weighted by atomic mass is 16.3. The molecule has 45 heavy (non-hydrogen) atoms. The molecule has 0 aliphatic carbocycles. The fraction of sp³-hybridized carbons (Fsp3) is 0. The molecule has 0 atom stereocenters. The van der Waals surface area contributed by atoms with Gasteiger partial charge in [-0.2, -0.15) is 0 Å². The summed E-state index contributed by atoms with van der Waals surface area (Å²) in [5.74, 6) is 0.686. The number of aromatic nitrogens is 2. The molecule has 212 valence electrons. The van der Waals surface area contributed by atoms with Crippen LogP contribution in [0.4, 0.5) is 0 Å². The van der Waals surface area contributed by atoms with Gasteiger partial charge in [0, 0.05) is 16.7 Å². The van der Waals surface area contributed by atoms with Crippen LogP contribution in [0.1, 0.15) is 0 Å². The van der Waals surface area contributed by atoms with Crippen LogP contribution in [0.5, 0.6) is 0 Å². The molecule has 0 aliphatic heterocycles. The van der Waals surface area contributed by atoms with Gasteiger partial charge in [-0.25, -0.2) is 9.97 Å². The van der Waals surface area contributed by atoms with Gasteiger partial charge in [-0.05, 0) is 52.6 Å².